The largest absolute Gasteiger partial charge is 0.490 e. The van der Waals surface area contributed by atoms with Gasteiger partial charge in [0.1, 0.15) is 11.4 Å². The molecule has 1 fully saturated rings. The van der Waals surface area contributed by atoms with Crippen molar-refractivity contribution in [3.63, 3.8) is 0 Å². The maximum Gasteiger partial charge on any atom is 0.339 e. The third-order valence-electron chi connectivity index (χ3n) is 4.81. The summed E-state index contributed by atoms with van der Waals surface area (Å²) in [5.74, 6) is -1.59. The van der Waals surface area contributed by atoms with Gasteiger partial charge in [0.15, 0.2) is 11.5 Å². The SMILES string of the molecule is CCOc1cc(/C=C2\SC(=O)N(CC(=O)OC(C)C)C2=O)cc(I)c1OS(=O)(=O)c1ccc(NC(C)=O)cc1. The molecule has 0 atom stereocenters. The van der Waals surface area contributed by atoms with Gasteiger partial charge >= 0.3 is 16.1 Å². The van der Waals surface area contributed by atoms with Gasteiger partial charge in [-0.1, -0.05) is 0 Å². The van der Waals surface area contributed by atoms with E-state index in [9.17, 15) is 27.6 Å². The quantitative estimate of drug-likeness (QED) is 0.165. The molecule has 0 aromatic heterocycles. The van der Waals surface area contributed by atoms with Crippen molar-refractivity contribution in [3.8, 4) is 11.5 Å². The van der Waals surface area contributed by atoms with E-state index in [1.807, 2.05) is 22.6 Å². The number of esters is 1. The molecule has 2 aromatic rings. The average Bonchev–Trinajstić information content (AvgIpc) is 3.08. The molecular formula is C25H25IN2O9S2. The second-order valence-corrected chi connectivity index (χ2v) is 12.0. The van der Waals surface area contributed by atoms with E-state index in [1.54, 1.807) is 26.8 Å². The van der Waals surface area contributed by atoms with Gasteiger partial charge in [-0.15, -0.1) is 0 Å². The number of carbonyl (C=O) groups is 4. The summed E-state index contributed by atoms with van der Waals surface area (Å²) in [4.78, 5) is 49.0. The van der Waals surface area contributed by atoms with Gasteiger partial charge in [0, 0.05) is 12.6 Å². The molecule has 0 unspecified atom stereocenters. The number of thioether (sulfide) groups is 1. The highest BCUT2D eigenvalue weighted by Crippen LogP contribution is 2.39. The number of nitrogens with one attached hydrogen (secondary N) is 1. The first-order valence-corrected chi connectivity index (χ1v) is 14.8. The second kappa shape index (κ2) is 12.8. The molecule has 1 N–H and O–H groups in total. The number of rotatable bonds is 10. The Bertz CT molecular complexity index is 1440. The minimum absolute atomic E-state index is 0.0509. The Morgan fingerprint density at radius 3 is 2.41 bits per heavy atom. The zero-order valence-electron chi connectivity index (χ0n) is 21.3. The molecule has 1 aliphatic rings. The van der Waals surface area contributed by atoms with Crippen molar-refractivity contribution in [1.29, 1.82) is 0 Å². The van der Waals surface area contributed by atoms with Crippen LogP contribution in [0.1, 0.15) is 33.3 Å². The highest BCUT2D eigenvalue weighted by Gasteiger charge is 2.37. The number of benzene rings is 2. The smallest absolute Gasteiger partial charge is 0.339 e. The fourth-order valence-corrected chi connectivity index (χ4v) is 5.98. The van der Waals surface area contributed by atoms with E-state index in [4.69, 9.17) is 13.7 Å². The summed E-state index contributed by atoms with van der Waals surface area (Å²) in [6.45, 7) is 6.05. The molecule has 14 heteroatoms. The Morgan fingerprint density at radius 1 is 1.15 bits per heavy atom. The molecule has 3 rings (SSSR count). The van der Waals surface area contributed by atoms with E-state index in [-0.39, 0.29) is 39.9 Å². The number of amides is 3. The van der Waals surface area contributed by atoms with E-state index in [1.165, 1.54) is 43.3 Å². The minimum Gasteiger partial charge on any atom is -0.490 e. The lowest BCUT2D eigenvalue weighted by Gasteiger charge is -2.15. The number of anilines is 1. The molecule has 208 valence electrons. The standard InChI is InChI=1S/C25H25IN2O9S2/c1-5-35-20-11-16(12-21-24(31)28(25(32)38-21)13-22(30)36-14(2)3)10-19(26)23(20)37-39(33,34)18-8-6-17(7-9-18)27-15(4)29/h6-12,14H,5,13H2,1-4H3,(H,27,29)/b21-12-. The normalized spacial score (nSPS) is 14.6. The first kappa shape index (κ1) is 30.4. The molecule has 0 saturated carbocycles. The van der Waals surface area contributed by atoms with Crippen LogP contribution >= 0.6 is 34.4 Å². The lowest BCUT2D eigenvalue weighted by Crippen LogP contribution is -2.35. The van der Waals surface area contributed by atoms with Gasteiger partial charge in [-0.2, -0.15) is 8.42 Å². The Kier molecular flexibility index (Phi) is 10.0. The summed E-state index contributed by atoms with van der Waals surface area (Å²) in [7, 11) is -4.27. The number of halogens is 1. The second-order valence-electron chi connectivity index (χ2n) is 8.31. The Balaban J connectivity index is 1.87. The van der Waals surface area contributed by atoms with Crippen molar-refractivity contribution in [2.45, 2.75) is 38.7 Å². The van der Waals surface area contributed by atoms with Crippen molar-refractivity contribution in [1.82, 2.24) is 4.90 Å². The molecule has 2 aromatic carbocycles. The van der Waals surface area contributed by atoms with Crippen LogP contribution in [0.5, 0.6) is 11.5 Å². The zero-order chi connectivity index (χ0) is 28.9. The van der Waals surface area contributed by atoms with Crippen LogP contribution in [-0.4, -0.2) is 55.6 Å². The van der Waals surface area contributed by atoms with Gasteiger partial charge < -0.3 is 19.0 Å². The number of hydrogen-bond donors (Lipinski definition) is 1. The minimum atomic E-state index is -4.27. The van der Waals surface area contributed by atoms with Crippen LogP contribution in [-0.2, 0) is 29.2 Å². The molecule has 1 aliphatic heterocycles. The predicted molar refractivity (Wildman–Crippen MR) is 153 cm³/mol. The molecule has 0 aliphatic carbocycles. The number of hydrogen-bond acceptors (Lipinski definition) is 10. The van der Waals surface area contributed by atoms with Crippen LogP contribution in [0.3, 0.4) is 0 Å². The van der Waals surface area contributed by atoms with Crippen LogP contribution in [0.15, 0.2) is 46.2 Å². The third kappa shape index (κ3) is 7.95. The van der Waals surface area contributed by atoms with Crippen LogP contribution < -0.4 is 14.2 Å². The molecule has 11 nitrogen and oxygen atoms in total. The first-order valence-electron chi connectivity index (χ1n) is 11.5. The number of nitrogens with zero attached hydrogens (tertiary/aromatic N) is 1. The van der Waals surface area contributed by atoms with Crippen LogP contribution in [0.4, 0.5) is 10.5 Å². The molecule has 0 radical (unpaired) electrons. The number of ether oxygens (including phenoxy) is 2. The summed E-state index contributed by atoms with van der Waals surface area (Å²) in [6, 6.07) is 8.52. The molecule has 3 amide bonds. The van der Waals surface area contributed by atoms with Crippen LogP contribution in [0, 0.1) is 3.57 Å². The van der Waals surface area contributed by atoms with Crippen molar-refractivity contribution in [2.24, 2.45) is 0 Å². The first-order chi connectivity index (χ1) is 18.3. The van der Waals surface area contributed by atoms with E-state index < -0.39 is 33.8 Å². The summed E-state index contributed by atoms with van der Waals surface area (Å²) in [5, 5.41) is 1.95. The molecule has 39 heavy (non-hydrogen) atoms. The van der Waals surface area contributed by atoms with Gasteiger partial charge in [0.2, 0.25) is 5.91 Å². The van der Waals surface area contributed by atoms with Gasteiger partial charge in [-0.05, 0) is 103 Å². The average molecular weight is 689 g/mol. The van der Waals surface area contributed by atoms with Crippen molar-refractivity contribution in [3.05, 3.63) is 50.4 Å². The molecular weight excluding hydrogens is 663 g/mol. The molecule has 0 spiro atoms. The topological polar surface area (TPSA) is 145 Å². The number of imide groups is 1. The molecule has 1 heterocycles. The van der Waals surface area contributed by atoms with Crippen LogP contribution in [0.25, 0.3) is 6.08 Å². The maximum atomic E-state index is 13.0. The summed E-state index contributed by atoms with van der Waals surface area (Å²) in [6.07, 6.45) is 1.06. The summed E-state index contributed by atoms with van der Waals surface area (Å²) >= 11 is 2.55. The summed E-state index contributed by atoms with van der Waals surface area (Å²) < 4.78 is 42.4. The van der Waals surface area contributed by atoms with Crippen molar-refractivity contribution >= 4 is 79.3 Å². The maximum absolute atomic E-state index is 13.0. The highest BCUT2D eigenvalue weighted by molar-refractivity contribution is 14.1. The molecule has 0 bridgehead atoms. The fraction of sp³-hybridized carbons (Fsp3) is 0.280. The summed E-state index contributed by atoms with van der Waals surface area (Å²) in [5.41, 5.74) is 0.874. The lowest BCUT2D eigenvalue weighted by molar-refractivity contribution is -0.149. The third-order valence-corrected chi connectivity index (χ3v) is 7.76. The number of carbonyl (C=O) groups excluding carboxylic acids is 4. The Morgan fingerprint density at radius 2 is 1.82 bits per heavy atom. The van der Waals surface area contributed by atoms with Gasteiger partial charge in [-0.3, -0.25) is 24.1 Å². The Labute approximate surface area is 243 Å². The van der Waals surface area contributed by atoms with Gasteiger partial charge in [-0.25, -0.2) is 0 Å². The highest BCUT2D eigenvalue weighted by atomic mass is 127. The van der Waals surface area contributed by atoms with Crippen molar-refractivity contribution < 1.29 is 41.3 Å². The predicted octanol–water partition coefficient (Wildman–Crippen LogP) is 4.40. The van der Waals surface area contributed by atoms with Crippen LogP contribution in [0.2, 0.25) is 0 Å². The van der Waals surface area contributed by atoms with Gasteiger partial charge in [0.25, 0.3) is 11.1 Å². The van der Waals surface area contributed by atoms with Crippen molar-refractivity contribution in [2.75, 3.05) is 18.5 Å². The fourth-order valence-electron chi connectivity index (χ4n) is 3.30. The van der Waals surface area contributed by atoms with E-state index >= 15 is 0 Å². The lowest BCUT2D eigenvalue weighted by atomic mass is 10.2. The molecule has 1 saturated heterocycles. The van der Waals surface area contributed by atoms with E-state index in [2.05, 4.69) is 5.32 Å². The monoisotopic (exact) mass is 688 g/mol. The zero-order valence-corrected chi connectivity index (χ0v) is 25.1. The van der Waals surface area contributed by atoms with E-state index in [0.29, 0.717) is 26.6 Å². The van der Waals surface area contributed by atoms with E-state index in [0.717, 1.165) is 4.90 Å². The van der Waals surface area contributed by atoms with Gasteiger partial charge in [0.05, 0.1) is 21.2 Å². The Hall–Kier alpha value is -3.11.